The number of methoxy groups -OCH3 is 1. The minimum absolute atomic E-state index is 0.0694. The van der Waals surface area contributed by atoms with Crippen molar-refractivity contribution in [3.63, 3.8) is 0 Å². The first-order valence-corrected chi connectivity index (χ1v) is 10.7. The molecule has 2 saturated heterocycles. The van der Waals surface area contributed by atoms with Crippen molar-refractivity contribution >= 4 is 23.4 Å². The van der Waals surface area contributed by atoms with Gasteiger partial charge in [0.25, 0.3) is 0 Å². The van der Waals surface area contributed by atoms with Gasteiger partial charge in [-0.1, -0.05) is 6.07 Å². The topological polar surface area (TPSA) is 146 Å². The predicted octanol–water partition coefficient (Wildman–Crippen LogP) is -0.169. The van der Waals surface area contributed by atoms with Crippen LogP contribution < -0.4 is 11.1 Å². The highest BCUT2D eigenvalue weighted by Crippen LogP contribution is 2.55. The van der Waals surface area contributed by atoms with Crippen LogP contribution in [0.2, 0.25) is 0 Å². The highest BCUT2D eigenvalue weighted by Gasteiger charge is 2.73. The zero-order valence-electron chi connectivity index (χ0n) is 17.9. The van der Waals surface area contributed by atoms with Crippen molar-refractivity contribution in [2.75, 3.05) is 26.8 Å². The lowest BCUT2D eigenvalue weighted by Gasteiger charge is -2.39. The fourth-order valence-electron chi connectivity index (χ4n) is 5.42. The first kappa shape index (κ1) is 20.8. The zero-order valence-corrected chi connectivity index (χ0v) is 17.9. The number of ketones is 2. The first-order chi connectivity index (χ1) is 15.4. The molecule has 0 radical (unpaired) electrons. The molecule has 0 bridgehead atoms. The van der Waals surface area contributed by atoms with Gasteiger partial charge in [-0.15, -0.1) is 0 Å². The molecule has 1 amide bonds. The van der Waals surface area contributed by atoms with E-state index in [-0.39, 0.29) is 36.0 Å². The van der Waals surface area contributed by atoms with Crippen molar-refractivity contribution in [3.8, 4) is 0 Å². The quantitative estimate of drug-likeness (QED) is 0.581. The van der Waals surface area contributed by atoms with E-state index in [4.69, 9.17) is 15.2 Å². The average Bonchev–Trinajstić information content (AvgIpc) is 3.40. The lowest BCUT2D eigenvalue weighted by atomic mass is 9.78. The minimum atomic E-state index is -0.973. The van der Waals surface area contributed by atoms with E-state index >= 15 is 0 Å². The summed E-state index contributed by atoms with van der Waals surface area (Å²) in [5.41, 5.74) is 5.98. The molecule has 1 aromatic heterocycles. The lowest BCUT2D eigenvalue weighted by Crippen LogP contribution is -2.55. The van der Waals surface area contributed by atoms with E-state index in [0.717, 1.165) is 5.69 Å². The van der Waals surface area contributed by atoms with Crippen LogP contribution in [-0.2, 0) is 25.5 Å². The number of hydrogen-bond acceptors (Lipinski definition) is 9. The Labute approximate surface area is 184 Å². The summed E-state index contributed by atoms with van der Waals surface area (Å²) in [6, 6.07) is 5.71. The third-order valence-electron chi connectivity index (χ3n) is 6.92. The molecule has 0 saturated carbocycles. The summed E-state index contributed by atoms with van der Waals surface area (Å²) in [6.45, 7) is 2.44. The molecule has 1 aliphatic carbocycles. The summed E-state index contributed by atoms with van der Waals surface area (Å²) in [5, 5.41) is 3.34. The second-order valence-electron chi connectivity index (χ2n) is 8.52. The molecule has 5 atom stereocenters. The molecule has 3 N–H and O–H groups in total. The number of pyridine rings is 1. The van der Waals surface area contributed by atoms with Gasteiger partial charge in [0.1, 0.15) is 6.61 Å². The molecule has 5 unspecified atom stereocenters. The smallest absolute Gasteiger partial charge is 0.404 e. The number of ether oxygens (including phenoxy) is 2. The number of Topliss-reactive ketones (excluding diaryl/α,β-unsaturated/α-hetero) is 2. The van der Waals surface area contributed by atoms with E-state index in [1.54, 1.807) is 20.2 Å². The van der Waals surface area contributed by atoms with Gasteiger partial charge in [0.15, 0.2) is 11.5 Å². The molecular formula is C22H25N5O5. The summed E-state index contributed by atoms with van der Waals surface area (Å²) >= 11 is 0. The maximum atomic E-state index is 13.6. The number of hydrogen-bond donors (Lipinski definition) is 2. The van der Waals surface area contributed by atoms with Gasteiger partial charge in [-0.25, -0.2) is 4.79 Å². The third-order valence-corrected chi connectivity index (χ3v) is 6.92. The van der Waals surface area contributed by atoms with Gasteiger partial charge in [-0.3, -0.25) is 19.6 Å². The molecule has 10 heteroatoms. The van der Waals surface area contributed by atoms with Crippen molar-refractivity contribution in [1.29, 1.82) is 0 Å². The predicted molar refractivity (Wildman–Crippen MR) is 113 cm³/mol. The van der Waals surface area contributed by atoms with Crippen molar-refractivity contribution in [2.45, 2.75) is 31.2 Å². The summed E-state index contributed by atoms with van der Waals surface area (Å²) in [4.78, 5) is 49.1. The summed E-state index contributed by atoms with van der Waals surface area (Å²) < 4.78 is 11.1. The van der Waals surface area contributed by atoms with Crippen LogP contribution in [0.25, 0.3) is 0 Å². The Morgan fingerprint density at radius 2 is 2.22 bits per heavy atom. The van der Waals surface area contributed by atoms with Gasteiger partial charge >= 0.3 is 6.09 Å². The summed E-state index contributed by atoms with van der Waals surface area (Å²) in [5.74, 6) is -1.78. The van der Waals surface area contributed by atoms with Crippen LogP contribution in [0.3, 0.4) is 0 Å². The van der Waals surface area contributed by atoms with Crippen LogP contribution in [0.15, 0.2) is 40.7 Å². The van der Waals surface area contributed by atoms with E-state index in [1.165, 1.54) is 0 Å². The largest absolute Gasteiger partial charge is 0.449 e. The SMILES string of the molecule is COC12C(COC(N)=O)C3=C(C(=O)C(C)C(=NCCc4ccccn4)C3=O)N1CC1NC12. The Bertz CT molecular complexity index is 1050. The van der Waals surface area contributed by atoms with Crippen LogP contribution in [0.1, 0.15) is 12.6 Å². The molecule has 1 aromatic rings. The van der Waals surface area contributed by atoms with Crippen LogP contribution in [-0.4, -0.2) is 77.9 Å². The second kappa shape index (κ2) is 7.49. The molecule has 2 fully saturated rings. The zero-order chi connectivity index (χ0) is 22.6. The molecule has 32 heavy (non-hydrogen) atoms. The van der Waals surface area contributed by atoms with Crippen LogP contribution in [0.5, 0.6) is 0 Å². The number of aliphatic imine (C=N–C) groups is 1. The average molecular weight is 439 g/mol. The maximum Gasteiger partial charge on any atom is 0.404 e. The van der Waals surface area contributed by atoms with Crippen molar-refractivity contribution < 1.29 is 23.9 Å². The Morgan fingerprint density at radius 1 is 1.41 bits per heavy atom. The first-order valence-electron chi connectivity index (χ1n) is 10.7. The number of allylic oxidation sites excluding steroid dienone is 1. The number of piperazine rings is 1. The summed E-state index contributed by atoms with van der Waals surface area (Å²) in [6.07, 6.45) is 1.32. The van der Waals surface area contributed by atoms with Gasteiger partial charge in [0, 0.05) is 50.1 Å². The molecule has 0 spiro atoms. The molecule has 0 aromatic carbocycles. The molecule has 4 aliphatic rings. The number of aromatic nitrogens is 1. The van der Waals surface area contributed by atoms with E-state index in [9.17, 15) is 14.4 Å². The van der Waals surface area contributed by atoms with Gasteiger partial charge in [-0.2, -0.15) is 0 Å². The number of fused-ring (bicyclic) bond motifs is 4. The van der Waals surface area contributed by atoms with Gasteiger partial charge in [0.05, 0.1) is 29.3 Å². The van der Waals surface area contributed by atoms with E-state index < -0.39 is 23.7 Å². The number of nitrogens with one attached hydrogen (secondary N) is 1. The van der Waals surface area contributed by atoms with Gasteiger partial charge in [0.2, 0.25) is 5.78 Å². The normalized spacial score (nSPS) is 33.9. The lowest BCUT2D eigenvalue weighted by molar-refractivity contribution is -0.138. The molecule has 168 valence electrons. The molecule has 4 heterocycles. The standard InChI is InChI=1S/C22H25N5O5/c1-11-16(25-8-6-12-5-3-4-7-24-12)19(29)15-13(10-32-21(23)30)22(31-2)20-14(26-20)9-27(22)17(15)18(11)28/h3-5,7,11,13-14,20,26H,6,8-10H2,1-2H3,(H2,23,30). The minimum Gasteiger partial charge on any atom is -0.449 e. The van der Waals surface area contributed by atoms with Crippen LogP contribution >= 0.6 is 0 Å². The Balaban J connectivity index is 1.50. The summed E-state index contributed by atoms with van der Waals surface area (Å²) in [7, 11) is 1.55. The van der Waals surface area contributed by atoms with Gasteiger partial charge in [-0.05, 0) is 19.1 Å². The Kier molecular flexibility index (Phi) is 4.86. The fourth-order valence-corrected chi connectivity index (χ4v) is 5.42. The number of carbonyl (C=O) groups excluding carboxylic acids is 3. The fraction of sp³-hybridized carbons (Fsp3) is 0.500. The number of primary amides is 1. The van der Waals surface area contributed by atoms with E-state index in [0.29, 0.717) is 30.8 Å². The third kappa shape index (κ3) is 2.90. The number of nitrogens with zero attached hydrogens (tertiary/aromatic N) is 3. The van der Waals surface area contributed by atoms with Crippen molar-refractivity contribution in [1.82, 2.24) is 15.2 Å². The number of rotatable bonds is 6. The van der Waals surface area contributed by atoms with Crippen LogP contribution in [0.4, 0.5) is 4.79 Å². The number of carbonyl (C=O) groups is 3. The monoisotopic (exact) mass is 439 g/mol. The number of nitrogens with two attached hydrogens (primary N) is 1. The van der Waals surface area contributed by atoms with Crippen LogP contribution in [0, 0.1) is 11.8 Å². The molecule has 3 aliphatic heterocycles. The molecule has 10 nitrogen and oxygen atoms in total. The maximum absolute atomic E-state index is 13.6. The highest BCUT2D eigenvalue weighted by molar-refractivity contribution is 6.53. The Morgan fingerprint density at radius 3 is 2.91 bits per heavy atom. The van der Waals surface area contributed by atoms with E-state index in [2.05, 4.69) is 15.3 Å². The van der Waals surface area contributed by atoms with E-state index in [1.807, 2.05) is 23.1 Å². The molecule has 5 rings (SSSR count). The number of amides is 1. The van der Waals surface area contributed by atoms with Gasteiger partial charge < -0.3 is 25.4 Å². The van der Waals surface area contributed by atoms with Crippen molar-refractivity contribution in [2.24, 2.45) is 22.6 Å². The Hall–Kier alpha value is -3.11. The molecular weight excluding hydrogens is 414 g/mol. The highest BCUT2D eigenvalue weighted by atomic mass is 16.6. The van der Waals surface area contributed by atoms with Crippen molar-refractivity contribution in [3.05, 3.63) is 41.4 Å². The second-order valence-corrected chi connectivity index (χ2v) is 8.52.